The molecule has 0 radical (unpaired) electrons. The first-order chi connectivity index (χ1) is 10.2. The molecule has 0 atom stereocenters. The monoisotopic (exact) mass is 277 g/mol. The first-order valence-electron chi connectivity index (χ1n) is 7.42. The van der Waals surface area contributed by atoms with Gasteiger partial charge in [0.25, 0.3) is 0 Å². The van der Waals surface area contributed by atoms with Crippen LogP contribution < -0.4 is 4.90 Å². The zero-order chi connectivity index (χ0) is 14.8. The fourth-order valence-corrected chi connectivity index (χ4v) is 2.92. The molecule has 1 aliphatic carbocycles. The summed E-state index contributed by atoms with van der Waals surface area (Å²) in [6.45, 7) is 2.07. The largest absolute Gasteiger partial charge is 0.328 e. The molecule has 3 nitrogen and oxygen atoms in total. The minimum absolute atomic E-state index is 0.666. The summed E-state index contributed by atoms with van der Waals surface area (Å²) in [5.41, 5.74) is 5.35. The smallest absolute Gasteiger partial charge is 0.151 e. The molecule has 21 heavy (non-hydrogen) atoms. The summed E-state index contributed by atoms with van der Waals surface area (Å²) in [5.74, 6) is 0.767. The molecule has 0 saturated carbocycles. The van der Waals surface area contributed by atoms with Crippen LogP contribution in [-0.4, -0.2) is 12.0 Å². The van der Waals surface area contributed by atoms with Crippen LogP contribution in [-0.2, 0) is 12.8 Å². The van der Waals surface area contributed by atoms with E-state index in [1.807, 2.05) is 24.1 Å². The molecule has 1 aromatic heterocycles. The minimum atomic E-state index is 0.666. The van der Waals surface area contributed by atoms with Crippen LogP contribution in [0.4, 0.5) is 11.5 Å². The van der Waals surface area contributed by atoms with Crippen molar-refractivity contribution in [3.63, 3.8) is 0 Å². The number of nitriles is 1. The Kier molecular flexibility index (Phi) is 3.62. The second-order valence-electron chi connectivity index (χ2n) is 5.68. The number of aromatic nitrogens is 1. The molecule has 0 bridgehead atoms. The fourth-order valence-electron chi connectivity index (χ4n) is 2.92. The van der Waals surface area contributed by atoms with Gasteiger partial charge in [0.05, 0.1) is 5.56 Å². The van der Waals surface area contributed by atoms with Crippen LogP contribution in [0.25, 0.3) is 0 Å². The number of nitrogens with zero attached hydrogens (tertiary/aromatic N) is 3. The summed E-state index contributed by atoms with van der Waals surface area (Å²) in [7, 11) is 1.98. The van der Waals surface area contributed by atoms with Crippen molar-refractivity contribution in [2.75, 3.05) is 11.9 Å². The lowest BCUT2D eigenvalue weighted by atomic mass is 9.95. The Bertz CT molecular complexity index is 713. The third-order valence-electron chi connectivity index (χ3n) is 4.11. The van der Waals surface area contributed by atoms with Gasteiger partial charge in [0, 0.05) is 18.4 Å². The summed E-state index contributed by atoms with van der Waals surface area (Å²) in [6.07, 6.45) is 4.47. The maximum absolute atomic E-state index is 9.45. The maximum atomic E-state index is 9.45. The van der Waals surface area contributed by atoms with Crippen molar-refractivity contribution in [2.45, 2.75) is 32.6 Å². The van der Waals surface area contributed by atoms with E-state index in [4.69, 9.17) is 4.98 Å². The number of hydrogen-bond acceptors (Lipinski definition) is 3. The lowest BCUT2D eigenvalue weighted by Gasteiger charge is -2.23. The van der Waals surface area contributed by atoms with Crippen LogP contribution in [0.2, 0.25) is 0 Å². The van der Waals surface area contributed by atoms with Gasteiger partial charge in [-0.15, -0.1) is 0 Å². The van der Waals surface area contributed by atoms with Crippen molar-refractivity contribution < 1.29 is 0 Å². The number of hydrogen-bond donors (Lipinski definition) is 0. The summed E-state index contributed by atoms with van der Waals surface area (Å²) in [5, 5.41) is 9.45. The van der Waals surface area contributed by atoms with Gasteiger partial charge >= 0.3 is 0 Å². The van der Waals surface area contributed by atoms with Crippen molar-refractivity contribution >= 4 is 11.5 Å². The van der Waals surface area contributed by atoms with Crippen molar-refractivity contribution in [2.24, 2.45) is 0 Å². The molecule has 0 saturated heterocycles. The third kappa shape index (κ3) is 2.62. The first kappa shape index (κ1) is 13.6. The predicted octanol–water partition coefficient (Wildman–Crippen LogP) is 3.91. The Balaban J connectivity index is 2.07. The minimum Gasteiger partial charge on any atom is -0.328 e. The highest BCUT2D eigenvalue weighted by atomic mass is 15.2. The van der Waals surface area contributed by atoms with E-state index >= 15 is 0 Å². The van der Waals surface area contributed by atoms with E-state index in [-0.39, 0.29) is 0 Å². The third-order valence-corrected chi connectivity index (χ3v) is 4.11. The Labute approximate surface area is 125 Å². The van der Waals surface area contributed by atoms with Gasteiger partial charge in [0.1, 0.15) is 6.07 Å². The lowest BCUT2D eigenvalue weighted by molar-refractivity contribution is 0.667. The lowest BCUT2D eigenvalue weighted by Crippen LogP contribution is -2.16. The Morgan fingerprint density at radius 3 is 2.76 bits per heavy atom. The van der Waals surface area contributed by atoms with Crippen LogP contribution >= 0.6 is 0 Å². The van der Waals surface area contributed by atoms with E-state index in [1.54, 1.807) is 0 Å². The van der Waals surface area contributed by atoms with Crippen LogP contribution in [0.3, 0.4) is 0 Å². The van der Waals surface area contributed by atoms with Gasteiger partial charge in [-0.25, -0.2) is 4.98 Å². The second kappa shape index (κ2) is 5.57. The number of anilines is 2. The highest BCUT2D eigenvalue weighted by Gasteiger charge is 2.18. The Morgan fingerprint density at radius 2 is 2.00 bits per heavy atom. The van der Waals surface area contributed by atoms with Gasteiger partial charge in [-0.2, -0.15) is 5.26 Å². The van der Waals surface area contributed by atoms with E-state index in [2.05, 4.69) is 31.2 Å². The number of pyridine rings is 1. The highest BCUT2D eigenvalue weighted by molar-refractivity contribution is 5.66. The van der Waals surface area contributed by atoms with Crippen LogP contribution in [0.5, 0.6) is 0 Å². The molecule has 1 heterocycles. The van der Waals surface area contributed by atoms with Crippen molar-refractivity contribution in [3.8, 4) is 6.07 Å². The van der Waals surface area contributed by atoms with Crippen molar-refractivity contribution in [1.29, 1.82) is 5.26 Å². The summed E-state index contributed by atoms with van der Waals surface area (Å²) >= 11 is 0. The van der Waals surface area contributed by atoms with E-state index in [9.17, 15) is 5.26 Å². The Hall–Kier alpha value is -2.34. The van der Waals surface area contributed by atoms with Crippen molar-refractivity contribution in [1.82, 2.24) is 4.98 Å². The fraction of sp³-hybridized carbons (Fsp3) is 0.333. The van der Waals surface area contributed by atoms with Crippen LogP contribution in [0.1, 0.15) is 35.2 Å². The SMILES string of the molecule is Cc1cccc(N(C)c2nc3c(cc2C#N)CCCC3)c1. The van der Waals surface area contributed by atoms with E-state index < -0.39 is 0 Å². The molecule has 0 N–H and O–H groups in total. The number of benzene rings is 1. The topological polar surface area (TPSA) is 39.9 Å². The standard InChI is InChI=1S/C18H19N3/c1-13-6-5-8-16(10-13)21(2)18-15(12-19)11-14-7-3-4-9-17(14)20-18/h5-6,8,10-11H,3-4,7,9H2,1-2H3. The van der Waals surface area contributed by atoms with Gasteiger partial charge in [0.15, 0.2) is 5.82 Å². The molecule has 0 fully saturated rings. The molecule has 2 aromatic rings. The van der Waals surface area contributed by atoms with Crippen LogP contribution in [0.15, 0.2) is 30.3 Å². The van der Waals surface area contributed by atoms with E-state index in [0.29, 0.717) is 5.56 Å². The Morgan fingerprint density at radius 1 is 1.19 bits per heavy atom. The predicted molar refractivity (Wildman–Crippen MR) is 84.8 cm³/mol. The summed E-state index contributed by atoms with van der Waals surface area (Å²) in [6, 6.07) is 12.6. The van der Waals surface area contributed by atoms with Crippen molar-refractivity contribution in [3.05, 3.63) is 52.7 Å². The first-order valence-corrected chi connectivity index (χ1v) is 7.42. The molecule has 106 valence electrons. The second-order valence-corrected chi connectivity index (χ2v) is 5.68. The summed E-state index contributed by atoms with van der Waals surface area (Å²) < 4.78 is 0. The quantitative estimate of drug-likeness (QED) is 0.835. The van der Waals surface area contributed by atoms with Crippen LogP contribution in [0, 0.1) is 18.3 Å². The van der Waals surface area contributed by atoms with Gasteiger partial charge in [-0.3, -0.25) is 0 Å². The van der Waals surface area contributed by atoms with Gasteiger partial charge in [0.2, 0.25) is 0 Å². The molecule has 0 aliphatic heterocycles. The number of aryl methyl sites for hydroxylation is 3. The normalized spacial score (nSPS) is 13.4. The molecule has 3 rings (SSSR count). The molecule has 1 aromatic carbocycles. The average Bonchev–Trinajstić information content (AvgIpc) is 2.53. The summed E-state index contributed by atoms with van der Waals surface area (Å²) in [4.78, 5) is 6.81. The molecule has 3 heteroatoms. The molecule has 0 unspecified atom stereocenters. The highest BCUT2D eigenvalue weighted by Crippen LogP contribution is 2.30. The molecule has 0 amide bonds. The number of rotatable bonds is 2. The molecule has 1 aliphatic rings. The number of fused-ring (bicyclic) bond motifs is 1. The molecular weight excluding hydrogens is 258 g/mol. The van der Waals surface area contributed by atoms with E-state index in [1.165, 1.54) is 24.0 Å². The molecule has 0 spiro atoms. The average molecular weight is 277 g/mol. The van der Waals surface area contributed by atoms with E-state index in [0.717, 1.165) is 30.0 Å². The zero-order valence-electron chi connectivity index (χ0n) is 12.6. The van der Waals surface area contributed by atoms with Gasteiger partial charge in [-0.1, -0.05) is 12.1 Å². The molecular formula is C18H19N3. The zero-order valence-corrected chi connectivity index (χ0v) is 12.6. The maximum Gasteiger partial charge on any atom is 0.151 e. The van der Waals surface area contributed by atoms with Gasteiger partial charge < -0.3 is 4.90 Å². The van der Waals surface area contributed by atoms with Gasteiger partial charge in [-0.05, 0) is 61.9 Å².